The summed E-state index contributed by atoms with van der Waals surface area (Å²) in [5.74, 6) is -6.83. The zero-order valence-corrected chi connectivity index (χ0v) is 13.3. The van der Waals surface area contributed by atoms with Gasteiger partial charge < -0.3 is 0 Å². The van der Waals surface area contributed by atoms with Crippen LogP contribution in [0.5, 0.6) is 0 Å². The van der Waals surface area contributed by atoms with E-state index in [1.165, 1.54) is 0 Å². The molecule has 112 valence electrons. The molecule has 0 bridgehead atoms. The van der Waals surface area contributed by atoms with Crippen molar-refractivity contribution in [2.24, 2.45) is 0 Å². The van der Waals surface area contributed by atoms with Gasteiger partial charge >= 0.3 is 0 Å². The first-order valence-corrected chi connectivity index (χ1v) is 6.92. The first-order valence-electron chi connectivity index (χ1n) is 5.03. The summed E-state index contributed by atoms with van der Waals surface area (Å²) in [5.41, 5.74) is -1.52. The SMILES string of the molecule is Fc1cc(F)c(-c2c(Cl)c(Cl)c(Cl)c(Cl)c2Cl)c(F)c1F. The van der Waals surface area contributed by atoms with Gasteiger partial charge in [-0.05, 0) is 0 Å². The van der Waals surface area contributed by atoms with E-state index in [2.05, 4.69) is 0 Å². The van der Waals surface area contributed by atoms with Gasteiger partial charge in [0.2, 0.25) is 0 Å². The van der Waals surface area contributed by atoms with Gasteiger partial charge in [0.1, 0.15) is 5.82 Å². The quantitative estimate of drug-likeness (QED) is 0.271. The second-order valence-electron chi connectivity index (χ2n) is 3.79. The second kappa shape index (κ2) is 6.01. The molecule has 0 aliphatic rings. The highest BCUT2D eigenvalue weighted by Gasteiger charge is 2.27. The number of benzene rings is 2. The van der Waals surface area contributed by atoms with E-state index in [4.69, 9.17) is 58.0 Å². The van der Waals surface area contributed by atoms with Crippen LogP contribution in [0.25, 0.3) is 11.1 Å². The van der Waals surface area contributed by atoms with Crippen LogP contribution < -0.4 is 0 Å². The lowest BCUT2D eigenvalue weighted by atomic mass is 10.0. The maximum Gasteiger partial charge on any atom is 0.195 e. The highest BCUT2D eigenvalue weighted by molar-refractivity contribution is 6.56. The number of hydrogen-bond donors (Lipinski definition) is 0. The molecule has 0 amide bonds. The van der Waals surface area contributed by atoms with Gasteiger partial charge in [0.25, 0.3) is 0 Å². The van der Waals surface area contributed by atoms with Crippen molar-refractivity contribution in [2.45, 2.75) is 0 Å². The Morgan fingerprint density at radius 1 is 0.524 bits per heavy atom. The van der Waals surface area contributed by atoms with Crippen LogP contribution in [0, 0.1) is 23.3 Å². The van der Waals surface area contributed by atoms with Gasteiger partial charge in [-0.2, -0.15) is 0 Å². The Balaban J connectivity index is 2.96. The summed E-state index contributed by atoms with van der Waals surface area (Å²) in [4.78, 5) is 0. The van der Waals surface area contributed by atoms with Crippen LogP contribution >= 0.6 is 58.0 Å². The van der Waals surface area contributed by atoms with Gasteiger partial charge in [-0.15, -0.1) is 0 Å². The highest BCUT2D eigenvalue weighted by atomic mass is 35.5. The third-order valence-electron chi connectivity index (χ3n) is 2.57. The Morgan fingerprint density at radius 2 is 0.952 bits per heavy atom. The predicted molar refractivity (Wildman–Crippen MR) is 76.8 cm³/mol. The van der Waals surface area contributed by atoms with Crippen LogP contribution in [0.4, 0.5) is 17.6 Å². The van der Waals surface area contributed by atoms with Crippen molar-refractivity contribution in [3.63, 3.8) is 0 Å². The van der Waals surface area contributed by atoms with E-state index in [0.29, 0.717) is 0 Å². The van der Waals surface area contributed by atoms with E-state index < -0.39 is 44.4 Å². The first kappa shape index (κ1) is 17.0. The molecule has 0 atom stereocenters. The monoisotopic (exact) mass is 396 g/mol. The minimum absolute atomic E-state index is 0.150. The van der Waals surface area contributed by atoms with E-state index in [1.54, 1.807) is 0 Å². The summed E-state index contributed by atoms with van der Waals surface area (Å²) >= 11 is 28.9. The average molecular weight is 398 g/mol. The largest absolute Gasteiger partial charge is 0.206 e. The highest BCUT2D eigenvalue weighted by Crippen LogP contribution is 2.49. The molecule has 0 aliphatic heterocycles. The van der Waals surface area contributed by atoms with Gasteiger partial charge in [0.15, 0.2) is 17.5 Å². The molecule has 2 aromatic rings. The Bertz CT molecular complexity index is 731. The fourth-order valence-electron chi connectivity index (χ4n) is 1.62. The molecule has 0 spiro atoms. The smallest absolute Gasteiger partial charge is 0.195 e. The molecule has 2 aromatic carbocycles. The average Bonchev–Trinajstić information content (AvgIpc) is 2.44. The van der Waals surface area contributed by atoms with Crippen molar-refractivity contribution in [3.8, 4) is 11.1 Å². The van der Waals surface area contributed by atoms with Crippen molar-refractivity contribution in [3.05, 3.63) is 54.4 Å². The van der Waals surface area contributed by atoms with Crippen molar-refractivity contribution < 1.29 is 17.6 Å². The molecule has 0 unspecified atom stereocenters. The lowest BCUT2D eigenvalue weighted by molar-refractivity contribution is 0.437. The maximum atomic E-state index is 13.8. The molecule has 0 N–H and O–H groups in total. The van der Waals surface area contributed by atoms with Gasteiger partial charge in [0.05, 0.1) is 30.7 Å². The van der Waals surface area contributed by atoms with Gasteiger partial charge in [-0.3, -0.25) is 0 Å². The normalized spacial score (nSPS) is 11.1. The lowest BCUT2D eigenvalue weighted by Gasteiger charge is -2.14. The summed E-state index contributed by atoms with van der Waals surface area (Å²) in [6.07, 6.45) is 0. The molecule has 0 heterocycles. The standard InChI is InChI=1S/C12HCl5F4/c13-6-5(7(14)9(16)10(17)8(6)15)4-2(18)1-3(19)11(20)12(4)21/h1H. The summed E-state index contributed by atoms with van der Waals surface area (Å²) in [6.45, 7) is 0. The molecule has 21 heavy (non-hydrogen) atoms. The van der Waals surface area contributed by atoms with Crippen LogP contribution in [-0.4, -0.2) is 0 Å². The predicted octanol–water partition coefficient (Wildman–Crippen LogP) is 7.18. The Labute approximate surface area is 141 Å². The molecule has 0 saturated carbocycles. The molecule has 9 heteroatoms. The molecule has 0 radical (unpaired) electrons. The summed E-state index contributed by atoms with van der Waals surface area (Å²) in [5, 5.41) is -1.78. The zero-order chi connectivity index (χ0) is 16.1. The van der Waals surface area contributed by atoms with Crippen LogP contribution in [0.2, 0.25) is 25.1 Å². The molecule has 2 rings (SSSR count). The zero-order valence-electron chi connectivity index (χ0n) is 9.48. The first-order chi connectivity index (χ1) is 9.68. The molecule has 0 fully saturated rings. The van der Waals surface area contributed by atoms with Crippen LogP contribution in [0.3, 0.4) is 0 Å². The van der Waals surface area contributed by atoms with E-state index in [1.807, 2.05) is 0 Å². The lowest BCUT2D eigenvalue weighted by Crippen LogP contribution is -2.00. The third kappa shape index (κ3) is 2.68. The van der Waals surface area contributed by atoms with Crippen LogP contribution in [-0.2, 0) is 0 Å². The molecular weight excluding hydrogens is 397 g/mol. The molecule has 0 saturated heterocycles. The van der Waals surface area contributed by atoms with Crippen molar-refractivity contribution in [1.29, 1.82) is 0 Å². The van der Waals surface area contributed by atoms with E-state index in [9.17, 15) is 17.6 Å². The third-order valence-corrected chi connectivity index (χ3v) is 4.85. The minimum atomic E-state index is -1.89. The van der Waals surface area contributed by atoms with Gasteiger partial charge in [-0.25, -0.2) is 17.6 Å². The number of rotatable bonds is 1. The summed E-state index contributed by atoms with van der Waals surface area (Å²) in [6, 6.07) is 0.150. The van der Waals surface area contributed by atoms with E-state index >= 15 is 0 Å². The Kier molecular flexibility index (Phi) is 4.86. The fraction of sp³-hybridized carbons (Fsp3) is 0. The fourth-order valence-corrected chi connectivity index (χ4v) is 2.95. The van der Waals surface area contributed by atoms with Gasteiger partial charge in [-0.1, -0.05) is 58.0 Å². The van der Waals surface area contributed by atoms with Crippen molar-refractivity contribution >= 4 is 58.0 Å². The summed E-state index contributed by atoms with van der Waals surface area (Å²) < 4.78 is 53.9. The van der Waals surface area contributed by atoms with Crippen molar-refractivity contribution in [2.75, 3.05) is 0 Å². The minimum Gasteiger partial charge on any atom is -0.206 e. The van der Waals surface area contributed by atoms with Crippen molar-refractivity contribution in [1.82, 2.24) is 0 Å². The Hall–Kier alpha value is -0.390. The number of halogens is 9. The van der Waals surface area contributed by atoms with E-state index in [0.717, 1.165) is 0 Å². The van der Waals surface area contributed by atoms with Crippen LogP contribution in [0.15, 0.2) is 6.07 Å². The molecule has 0 aromatic heterocycles. The second-order valence-corrected chi connectivity index (χ2v) is 5.68. The maximum absolute atomic E-state index is 13.8. The number of hydrogen-bond acceptors (Lipinski definition) is 0. The molecular formula is C12HCl5F4. The van der Waals surface area contributed by atoms with E-state index in [-0.39, 0.29) is 21.1 Å². The summed E-state index contributed by atoms with van der Waals surface area (Å²) in [7, 11) is 0. The Morgan fingerprint density at radius 3 is 1.43 bits per heavy atom. The van der Waals surface area contributed by atoms with Gasteiger partial charge in [0, 0.05) is 11.6 Å². The molecule has 0 aliphatic carbocycles. The van der Waals surface area contributed by atoms with Crippen LogP contribution in [0.1, 0.15) is 0 Å². The topological polar surface area (TPSA) is 0 Å². The molecule has 0 nitrogen and oxygen atoms in total.